The van der Waals surface area contributed by atoms with Crippen LogP contribution in [0.25, 0.3) is 21.8 Å². The smallest absolute Gasteiger partial charge is 0.261 e. The van der Waals surface area contributed by atoms with Crippen LogP contribution < -0.4 is 10.9 Å². The molecule has 0 bridgehead atoms. The van der Waals surface area contributed by atoms with Crippen LogP contribution in [0.5, 0.6) is 0 Å². The van der Waals surface area contributed by atoms with E-state index in [-0.39, 0.29) is 24.4 Å². The summed E-state index contributed by atoms with van der Waals surface area (Å²) >= 11 is 0. The third-order valence-electron chi connectivity index (χ3n) is 4.15. The highest BCUT2D eigenvalue weighted by atomic mass is 16.1. The topological polar surface area (TPSA) is 79.8 Å². The number of carbonyl (C=O) groups excluding carboxylic acids is 1. The lowest BCUT2D eigenvalue weighted by Crippen LogP contribution is -2.23. The predicted molar refractivity (Wildman–Crippen MR) is 97.5 cm³/mol. The van der Waals surface area contributed by atoms with Crippen LogP contribution in [0.1, 0.15) is 6.42 Å². The number of carbonyl (C=O) groups is 1. The van der Waals surface area contributed by atoms with Crippen LogP contribution in [-0.4, -0.2) is 20.4 Å². The van der Waals surface area contributed by atoms with Gasteiger partial charge in [-0.1, -0.05) is 18.2 Å². The van der Waals surface area contributed by atoms with Crippen molar-refractivity contribution in [2.24, 2.45) is 0 Å². The highest BCUT2D eigenvalue weighted by molar-refractivity contribution is 5.93. The molecule has 0 aliphatic carbocycles. The summed E-state index contributed by atoms with van der Waals surface area (Å²) in [7, 11) is 0. The number of aromatic amines is 1. The molecule has 0 radical (unpaired) electrons. The Morgan fingerprint density at radius 2 is 2.04 bits per heavy atom. The first-order chi connectivity index (χ1) is 12.2. The van der Waals surface area contributed by atoms with E-state index in [1.807, 2.05) is 36.5 Å². The lowest BCUT2D eigenvalue weighted by Gasteiger charge is -2.08. The Bertz CT molecular complexity index is 1130. The van der Waals surface area contributed by atoms with Gasteiger partial charge in [0.25, 0.3) is 5.56 Å². The van der Waals surface area contributed by atoms with E-state index in [0.717, 1.165) is 16.6 Å². The van der Waals surface area contributed by atoms with E-state index in [1.54, 1.807) is 18.2 Å². The molecule has 1 amide bonds. The maximum absolute atomic E-state index is 12.4. The van der Waals surface area contributed by atoms with Crippen LogP contribution in [0.15, 0.2) is 65.8 Å². The fourth-order valence-electron chi connectivity index (χ4n) is 2.84. The molecule has 25 heavy (non-hydrogen) atoms. The fraction of sp³-hybridized carbons (Fsp3) is 0.105. The highest BCUT2D eigenvalue weighted by Crippen LogP contribution is 2.17. The second-order valence-electron chi connectivity index (χ2n) is 5.84. The molecule has 0 aliphatic heterocycles. The quantitative estimate of drug-likeness (QED) is 0.603. The fourth-order valence-corrected chi connectivity index (χ4v) is 2.84. The van der Waals surface area contributed by atoms with Crippen LogP contribution in [0.3, 0.4) is 0 Å². The van der Waals surface area contributed by atoms with Crippen LogP contribution in [0.2, 0.25) is 0 Å². The maximum Gasteiger partial charge on any atom is 0.261 e. The molecule has 0 spiro atoms. The molecule has 0 atom stereocenters. The number of H-pyrrole nitrogens is 1. The van der Waals surface area contributed by atoms with Crippen molar-refractivity contribution in [3.05, 3.63) is 71.4 Å². The number of hydrogen-bond donors (Lipinski definition) is 2. The number of nitrogens with one attached hydrogen (secondary N) is 2. The molecule has 0 fully saturated rings. The number of fused-ring (bicyclic) bond motifs is 2. The largest absolute Gasteiger partial charge is 0.361 e. The number of aromatic nitrogens is 3. The van der Waals surface area contributed by atoms with Gasteiger partial charge in [0.1, 0.15) is 0 Å². The van der Waals surface area contributed by atoms with Gasteiger partial charge in [-0.05, 0) is 35.7 Å². The van der Waals surface area contributed by atoms with Gasteiger partial charge < -0.3 is 10.3 Å². The van der Waals surface area contributed by atoms with Crippen LogP contribution in [-0.2, 0) is 11.3 Å². The number of hydrogen-bond acceptors (Lipinski definition) is 3. The molecule has 0 saturated carbocycles. The Balaban J connectivity index is 1.46. The second kappa shape index (κ2) is 6.24. The summed E-state index contributed by atoms with van der Waals surface area (Å²) in [6, 6.07) is 14.8. The first kappa shape index (κ1) is 15.1. The second-order valence-corrected chi connectivity index (χ2v) is 5.84. The van der Waals surface area contributed by atoms with Gasteiger partial charge in [-0.15, -0.1) is 0 Å². The number of anilines is 1. The van der Waals surface area contributed by atoms with Gasteiger partial charge in [0, 0.05) is 30.4 Å². The van der Waals surface area contributed by atoms with E-state index in [2.05, 4.69) is 15.3 Å². The normalized spacial score (nSPS) is 11.0. The lowest BCUT2D eigenvalue weighted by atomic mass is 10.2. The minimum absolute atomic E-state index is 0.133. The zero-order valence-corrected chi connectivity index (χ0v) is 13.4. The Hall–Kier alpha value is -3.41. The van der Waals surface area contributed by atoms with Gasteiger partial charge in [0.15, 0.2) is 0 Å². The Morgan fingerprint density at radius 3 is 2.96 bits per heavy atom. The molecule has 0 unspecified atom stereocenters. The van der Waals surface area contributed by atoms with Gasteiger partial charge >= 0.3 is 0 Å². The van der Waals surface area contributed by atoms with Crippen molar-refractivity contribution >= 4 is 33.4 Å². The minimum Gasteiger partial charge on any atom is -0.361 e. The average Bonchev–Trinajstić information content (AvgIpc) is 3.09. The maximum atomic E-state index is 12.4. The molecule has 2 heterocycles. The lowest BCUT2D eigenvalue weighted by molar-refractivity contribution is -0.116. The molecule has 6 nitrogen and oxygen atoms in total. The summed E-state index contributed by atoms with van der Waals surface area (Å²) in [4.78, 5) is 32.0. The van der Waals surface area contributed by atoms with Crippen molar-refractivity contribution < 1.29 is 4.79 Å². The van der Waals surface area contributed by atoms with Crippen molar-refractivity contribution in [1.29, 1.82) is 0 Å². The monoisotopic (exact) mass is 332 g/mol. The van der Waals surface area contributed by atoms with Gasteiger partial charge in [0.2, 0.25) is 5.91 Å². The third-order valence-corrected chi connectivity index (χ3v) is 4.15. The Labute approximate surface area is 143 Å². The molecule has 6 heteroatoms. The van der Waals surface area contributed by atoms with E-state index < -0.39 is 0 Å². The van der Waals surface area contributed by atoms with E-state index in [0.29, 0.717) is 10.9 Å². The average molecular weight is 332 g/mol. The summed E-state index contributed by atoms with van der Waals surface area (Å²) < 4.78 is 1.47. The summed E-state index contributed by atoms with van der Waals surface area (Å²) in [5.74, 6) is -0.147. The van der Waals surface area contributed by atoms with Gasteiger partial charge in [-0.25, -0.2) is 4.98 Å². The van der Waals surface area contributed by atoms with E-state index in [9.17, 15) is 9.59 Å². The molecule has 124 valence electrons. The first-order valence-electron chi connectivity index (χ1n) is 8.02. The standard InChI is InChI=1S/C19H16N4O2/c24-18(22-14-6-5-13-7-9-20-17(13)11-14)8-10-23-12-21-16-4-2-1-3-15(16)19(23)25/h1-7,9,11-12,20H,8,10H2,(H,22,24). The number of amides is 1. The number of rotatable bonds is 4. The number of aryl methyl sites for hydroxylation is 1. The molecular formula is C19H16N4O2. The van der Waals surface area contributed by atoms with Gasteiger partial charge in [-0.2, -0.15) is 0 Å². The van der Waals surface area contributed by atoms with E-state index in [4.69, 9.17) is 0 Å². The highest BCUT2D eigenvalue weighted by Gasteiger charge is 2.07. The van der Waals surface area contributed by atoms with Crippen molar-refractivity contribution in [1.82, 2.24) is 14.5 Å². The van der Waals surface area contributed by atoms with Crippen molar-refractivity contribution in [3.8, 4) is 0 Å². The molecule has 0 saturated heterocycles. The van der Waals surface area contributed by atoms with E-state index in [1.165, 1.54) is 10.9 Å². The minimum atomic E-state index is -0.147. The summed E-state index contributed by atoms with van der Waals surface area (Å²) in [6.45, 7) is 0.285. The molecular weight excluding hydrogens is 316 g/mol. The summed E-state index contributed by atoms with van der Waals surface area (Å²) in [5, 5.41) is 4.50. The van der Waals surface area contributed by atoms with Crippen molar-refractivity contribution in [3.63, 3.8) is 0 Å². The van der Waals surface area contributed by atoms with Crippen molar-refractivity contribution in [2.75, 3.05) is 5.32 Å². The predicted octanol–water partition coefficient (Wildman–Crippen LogP) is 2.91. The molecule has 2 N–H and O–H groups in total. The Morgan fingerprint density at radius 1 is 1.16 bits per heavy atom. The zero-order chi connectivity index (χ0) is 17.2. The zero-order valence-electron chi connectivity index (χ0n) is 13.4. The van der Waals surface area contributed by atoms with Crippen molar-refractivity contribution in [2.45, 2.75) is 13.0 Å². The molecule has 2 aromatic carbocycles. The SMILES string of the molecule is O=C(CCn1cnc2ccccc2c1=O)Nc1ccc2cc[nH]c2c1. The van der Waals surface area contributed by atoms with E-state index >= 15 is 0 Å². The van der Waals surface area contributed by atoms with Gasteiger partial charge in [-0.3, -0.25) is 14.2 Å². The summed E-state index contributed by atoms with van der Waals surface area (Å²) in [6.07, 6.45) is 3.54. The number of nitrogens with zero attached hydrogens (tertiary/aromatic N) is 2. The molecule has 2 aromatic heterocycles. The first-order valence-corrected chi connectivity index (χ1v) is 8.02. The molecule has 0 aliphatic rings. The van der Waals surface area contributed by atoms with Crippen LogP contribution >= 0.6 is 0 Å². The van der Waals surface area contributed by atoms with Crippen LogP contribution in [0, 0.1) is 0 Å². The molecule has 4 rings (SSSR count). The number of para-hydroxylation sites is 1. The summed E-state index contributed by atoms with van der Waals surface area (Å²) in [5.41, 5.74) is 2.22. The Kier molecular flexibility index (Phi) is 3.78. The number of benzene rings is 2. The van der Waals surface area contributed by atoms with Gasteiger partial charge in [0.05, 0.1) is 17.2 Å². The molecule has 4 aromatic rings. The van der Waals surface area contributed by atoms with Crippen LogP contribution in [0.4, 0.5) is 5.69 Å². The third kappa shape index (κ3) is 3.01.